The maximum atomic E-state index is 4.07. The van der Waals surface area contributed by atoms with E-state index >= 15 is 0 Å². The molecule has 0 saturated carbocycles. The largest absolute Gasteiger partial charge is 0.245 e. The van der Waals surface area contributed by atoms with Gasteiger partial charge in [-0.3, -0.25) is 0 Å². The Labute approximate surface area is 84.7 Å². The summed E-state index contributed by atoms with van der Waals surface area (Å²) in [5.74, 6) is 0.637. The van der Waals surface area contributed by atoms with Crippen molar-refractivity contribution < 1.29 is 0 Å². The fourth-order valence-corrected chi connectivity index (χ4v) is 1.33. The van der Waals surface area contributed by atoms with Gasteiger partial charge in [0.15, 0.2) is 5.84 Å². The van der Waals surface area contributed by atoms with E-state index in [-0.39, 0.29) is 0 Å². The van der Waals surface area contributed by atoms with Crippen LogP contribution in [-0.2, 0) is 6.42 Å². The molecule has 0 spiro atoms. The molecule has 1 aromatic rings. The van der Waals surface area contributed by atoms with Crippen LogP contribution in [0.15, 0.2) is 47.0 Å². The fourth-order valence-electron chi connectivity index (χ4n) is 1.33. The van der Waals surface area contributed by atoms with Crippen LogP contribution in [0.25, 0.3) is 0 Å². The molecular weight excluding hydrogens is 172 g/mol. The number of aliphatic imine (C=N–C) groups is 2. The van der Waals surface area contributed by atoms with E-state index in [9.17, 15) is 0 Å². The van der Waals surface area contributed by atoms with Gasteiger partial charge in [0.05, 0.1) is 0 Å². The third-order valence-corrected chi connectivity index (χ3v) is 2.00. The van der Waals surface area contributed by atoms with E-state index in [1.54, 1.807) is 0 Å². The highest BCUT2D eigenvalue weighted by atomic mass is 14.9. The molecule has 14 heavy (non-hydrogen) atoms. The van der Waals surface area contributed by atoms with Gasteiger partial charge in [0.25, 0.3) is 0 Å². The molecule has 0 saturated heterocycles. The van der Waals surface area contributed by atoms with Crippen molar-refractivity contribution in [2.24, 2.45) is 9.98 Å². The molecule has 0 amide bonds. The lowest BCUT2D eigenvalue weighted by Gasteiger charge is -2.05. The SMILES string of the molecule is C=CN=C(N=C)c1ccccc1CC. The molecule has 0 fully saturated rings. The topological polar surface area (TPSA) is 24.7 Å². The van der Waals surface area contributed by atoms with Crippen LogP contribution in [-0.4, -0.2) is 12.6 Å². The van der Waals surface area contributed by atoms with E-state index in [1.807, 2.05) is 18.2 Å². The molecular formula is C12H14N2. The van der Waals surface area contributed by atoms with E-state index < -0.39 is 0 Å². The van der Waals surface area contributed by atoms with Gasteiger partial charge in [-0.2, -0.15) is 0 Å². The van der Waals surface area contributed by atoms with Gasteiger partial charge in [-0.25, -0.2) is 9.98 Å². The minimum Gasteiger partial charge on any atom is -0.245 e. The van der Waals surface area contributed by atoms with Crippen LogP contribution in [0.4, 0.5) is 0 Å². The average molecular weight is 186 g/mol. The summed E-state index contributed by atoms with van der Waals surface area (Å²) in [5.41, 5.74) is 2.26. The first-order valence-corrected chi connectivity index (χ1v) is 4.57. The summed E-state index contributed by atoms with van der Waals surface area (Å²) in [5, 5.41) is 0. The van der Waals surface area contributed by atoms with Crippen molar-refractivity contribution in [2.75, 3.05) is 0 Å². The van der Waals surface area contributed by atoms with Crippen molar-refractivity contribution in [3.05, 3.63) is 48.2 Å². The third kappa shape index (κ3) is 2.16. The second kappa shape index (κ2) is 5.12. The normalized spacial score (nSPS) is 11.1. The summed E-state index contributed by atoms with van der Waals surface area (Å²) >= 11 is 0. The van der Waals surface area contributed by atoms with Crippen LogP contribution in [0.2, 0.25) is 0 Å². The summed E-state index contributed by atoms with van der Waals surface area (Å²) in [7, 11) is 0. The molecule has 1 rings (SSSR count). The lowest BCUT2D eigenvalue weighted by atomic mass is 10.0. The molecule has 2 nitrogen and oxygen atoms in total. The van der Waals surface area contributed by atoms with Crippen LogP contribution in [0.1, 0.15) is 18.1 Å². The van der Waals surface area contributed by atoms with Gasteiger partial charge >= 0.3 is 0 Å². The molecule has 0 heterocycles. The highest BCUT2D eigenvalue weighted by molar-refractivity contribution is 6.02. The van der Waals surface area contributed by atoms with Gasteiger partial charge < -0.3 is 0 Å². The predicted molar refractivity (Wildman–Crippen MR) is 62.1 cm³/mol. The first-order chi connectivity index (χ1) is 6.83. The Morgan fingerprint density at radius 1 is 1.43 bits per heavy atom. The highest BCUT2D eigenvalue weighted by Gasteiger charge is 2.04. The number of amidine groups is 1. The minimum absolute atomic E-state index is 0.637. The molecule has 0 aliphatic heterocycles. The zero-order valence-corrected chi connectivity index (χ0v) is 8.40. The van der Waals surface area contributed by atoms with Crippen LogP contribution in [0, 0.1) is 0 Å². The Morgan fingerprint density at radius 3 is 2.71 bits per heavy atom. The van der Waals surface area contributed by atoms with Crippen molar-refractivity contribution in [1.82, 2.24) is 0 Å². The van der Waals surface area contributed by atoms with E-state index in [2.05, 4.69) is 36.3 Å². The maximum Gasteiger partial charge on any atom is 0.158 e. The maximum absolute atomic E-state index is 4.07. The van der Waals surface area contributed by atoms with E-state index in [4.69, 9.17) is 0 Å². The average Bonchev–Trinajstić information content (AvgIpc) is 2.26. The predicted octanol–water partition coefficient (Wildman–Crippen LogP) is 2.84. The Bertz CT molecular complexity index is 364. The zero-order chi connectivity index (χ0) is 10.4. The number of hydrogen-bond acceptors (Lipinski definition) is 1. The van der Waals surface area contributed by atoms with Gasteiger partial charge in [0, 0.05) is 11.8 Å². The number of hydrogen-bond donors (Lipinski definition) is 0. The molecule has 0 bridgehead atoms. The molecule has 0 unspecified atom stereocenters. The van der Waals surface area contributed by atoms with E-state index in [1.165, 1.54) is 11.8 Å². The van der Waals surface area contributed by atoms with Crippen molar-refractivity contribution in [1.29, 1.82) is 0 Å². The van der Waals surface area contributed by atoms with Gasteiger partial charge in [0.2, 0.25) is 0 Å². The molecule has 0 atom stereocenters. The summed E-state index contributed by atoms with van der Waals surface area (Å²) in [6.07, 6.45) is 2.44. The van der Waals surface area contributed by atoms with E-state index in [0.29, 0.717) is 5.84 Å². The standard InChI is InChI=1S/C12H14N2/c1-4-10-8-6-7-9-11(10)12(13-3)14-5-2/h5-9H,2-4H2,1H3. The summed E-state index contributed by atoms with van der Waals surface area (Å²) in [6.45, 7) is 9.16. The van der Waals surface area contributed by atoms with Crippen LogP contribution < -0.4 is 0 Å². The quantitative estimate of drug-likeness (QED) is 0.512. The minimum atomic E-state index is 0.637. The van der Waals surface area contributed by atoms with Crippen LogP contribution in [0.5, 0.6) is 0 Å². The van der Waals surface area contributed by atoms with Crippen molar-refractivity contribution in [3.8, 4) is 0 Å². The second-order valence-corrected chi connectivity index (χ2v) is 2.80. The Morgan fingerprint density at radius 2 is 2.14 bits per heavy atom. The van der Waals surface area contributed by atoms with Crippen LogP contribution in [0.3, 0.4) is 0 Å². The number of benzene rings is 1. The number of nitrogens with zero attached hydrogens (tertiary/aromatic N) is 2. The molecule has 0 aliphatic rings. The third-order valence-electron chi connectivity index (χ3n) is 2.00. The van der Waals surface area contributed by atoms with E-state index in [0.717, 1.165) is 12.0 Å². The Balaban J connectivity index is 3.21. The molecule has 0 N–H and O–H groups in total. The molecule has 0 aliphatic carbocycles. The summed E-state index contributed by atoms with van der Waals surface area (Å²) in [4.78, 5) is 7.96. The van der Waals surface area contributed by atoms with Crippen molar-refractivity contribution >= 4 is 12.6 Å². The molecule has 2 heteroatoms. The highest BCUT2D eigenvalue weighted by Crippen LogP contribution is 2.11. The molecule has 0 radical (unpaired) electrons. The number of aryl methyl sites for hydroxylation is 1. The van der Waals surface area contributed by atoms with Gasteiger partial charge in [0.1, 0.15) is 0 Å². The molecule has 72 valence electrons. The summed E-state index contributed by atoms with van der Waals surface area (Å²) in [6, 6.07) is 8.05. The second-order valence-electron chi connectivity index (χ2n) is 2.80. The van der Waals surface area contributed by atoms with Crippen LogP contribution >= 0.6 is 0 Å². The zero-order valence-electron chi connectivity index (χ0n) is 8.40. The lowest BCUT2D eigenvalue weighted by Crippen LogP contribution is -2.00. The number of rotatable bonds is 3. The lowest BCUT2D eigenvalue weighted by molar-refractivity contribution is 1.13. The molecule has 1 aromatic carbocycles. The van der Waals surface area contributed by atoms with Crippen molar-refractivity contribution in [3.63, 3.8) is 0 Å². The van der Waals surface area contributed by atoms with Crippen molar-refractivity contribution in [2.45, 2.75) is 13.3 Å². The molecule has 0 aromatic heterocycles. The Hall–Kier alpha value is -1.70. The fraction of sp³-hybridized carbons (Fsp3) is 0.167. The summed E-state index contributed by atoms with van der Waals surface area (Å²) < 4.78 is 0. The van der Waals surface area contributed by atoms with Gasteiger partial charge in [-0.1, -0.05) is 37.8 Å². The first kappa shape index (κ1) is 10.4. The smallest absolute Gasteiger partial charge is 0.158 e. The monoisotopic (exact) mass is 186 g/mol. The first-order valence-electron chi connectivity index (χ1n) is 4.57. The Kier molecular flexibility index (Phi) is 3.80. The van der Waals surface area contributed by atoms with Gasteiger partial charge in [-0.15, -0.1) is 0 Å². The van der Waals surface area contributed by atoms with Gasteiger partial charge in [-0.05, 0) is 18.7 Å².